The number of rotatable bonds is 6. The van der Waals surface area contributed by atoms with Crippen LogP contribution in [0.2, 0.25) is 0 Å². The number of nitrogens with one attached hydrogen (secondary N) is 3. The van der Waals surface area contributed by atoms with Crippen LogP contribution in [0, 0.1) is 5.92 Å². The quantitative estimate of drug-likeness (QED) is 0.458. The molecule has 0 fully saturated rings. The number of benzene rings is 1. The van der Waals surface area contributed by atoms with Crippen LogP contribution >= 0.6 is 0 Å². The minimum absolute atomic E-state index is 0.203. The average Bonchev–Trinajstić information content (AvgIpc) is 2.44. The molecule has 1 rings (SSSR count). The molecule has 20 heavy (non-hydrogen) atoms. The van der Waals surface area contributed by atoms with Gasteiger partial charge >= 0.3 is 0 Å². The average molecular weight is 278 g/mol. The predicted molar refractivity (Wildman–Crippen MR) is 79.0 cm³/mol. The van der Waals surface area contributed by atoms with Crippen molar-refractivity contribution in [3.8, 4) is 0 Å². The molecule has 0 spiro atoms. The third-order valence-corrected chi connectivity index (χ3v) is 2.75. The van der Waals surface area contributed by atoms with Crippen molar-refractivity contribution in [2.24, 2.45) is 11.8 Å². The largest absolute Gasteiger partial charge is 0.354 e. The Labute approximate surface area is 119 Å². The molecule has 1 aromatic carbocycles. The SMILES string of the molecule is CC(C)CNC(=O)C(C)NC(=O)c1ccccc1NN. The number of hydrogen-bond acceptors (Lipinski definition) is 4. The first-order valence-corrected chi connectivity index (χ1v) is 6.60. The number of nitrogens with two attached hydrogens (primary N) is 1. The van der Waals surface area contributed by atoms with Gasteiger partial charge in [0.2, 0.25) is 5.91 Å². The van der Waals surface area contributed by atoms with Gasteiger partial charge in [-0.1, -0.05) is 26.0 Å². The standard InChI is InChI=1S/C14H22N4O2/c1-9(2)8-16-13(19)10(3)17-14(20)11-6-4-5-7-12(11)18-15/h4-7,9-10,18H,8,15H2,1-3H3,(H,16,19)(H,17,20). The Kier molecular flexibility index (Phi) is 5.99. The van der Waals surface area contributed by atoms with Crippen LogP contribution < -0.4 is 21.9 Å². The highest BCUT2D eigenvalue weighted by Crippen LogP contribution is 2.13. The molecule has 0 saturated carbocycles. The van der Waals surface area contributed by atoms with E-state index < -0.39 is 6.04 Å². The Balaban J connectivity index is 2.63. The van der Waals surface area contributed by atoms with Gasteiger partial charge in [-0.15, -0.1) is 0 Å². The lowest BCUT2D eigenvalue weighted by Crippen LogP contribution is -2.45. The molecule has 0 aromatic heterocycles. The number of para-hydroxylation sites is 1. The Bertz CT molecular complexity index is 474. The summed E-state index contributed by atoms with van der Waals surface area (Å²) < 4.78 is 0. The molecule has 0 radical (unpaired) electrons. The number of hydrogen-bond donors (Lipinski definition) is 4. The third kappa shape index (κ3) is 4.55. The first kappa shape index (κ1) is 16.0. The lowest BCUT2D eigenvalue weighted by atomic mass is 10.1. The zero-order chi connectivity index (χ0) is 15.1. The van der Waals surface area contributed by atoms with E-state index in [9.17, 15) is 9.59 Å². The monoisotopic (exact) mass is 278 g/mol. The number of amides is 2. The van der Waals surface area contributed by atoms with E-state index in [1.165, 1.54) is 0 Å². The van der Waals surface area contributed by atoms with Crippen LogP contribution in [0.25, 0.3) is 0 Å². The number of anilines is 1. The Morgan fingerprint density at radius 3 is 2.45 bits per heavy atom. The van der Waals surface area contributed by atoms with E-state index in [0.717, 1.165) is 0 Å². The maximum Gasteiger partial charge on any atom is 0.254 e. The minimum atomic E-state index is -0.605. The van der Waals surface area contributed by atoms with Gasteiger partial charge in [0.1, 0.15) is 6.04 Å². The molecule has 0 aliphatic heterocycles. The van der Waals surface area contributed by atoms with E-state index in [1.54, 1.807) is 31.2 Å². The van der Waals surface area contributed by atoms with Crippen LogP contribution in [0.1, 0.15) is 31.1 Å². The summed E-state index contributed by atoms with van der Waals surface area (Å²) in [4.78, 5) is 23.9. The van der Waals surface area contributed by atoms with Crippen LogP contribution in [0.5, 0.6) is 0 Å². The molecule has 0 aliphatic rings. The molecular formula is C14H22N4O2. The van der Waals surface area contributed by atoms with E-state index in [2.05, 4.69) is 16.1 Å². The highest BCUT2D eigenvalue weighted by molar-refractivity contribution is 6.01. The van der Waals surface area contributed by atoms with Crippen molar-refractivity contribution in [2.45, 2.75) is 26.8 Å². The number of carbonyl (C=O) groups is 2. The van der Waals surface area contributed by atoms with E-state index >= 15 is 0 Å². The highest BCUT2D eigenvalue weighted by atomic mass is 16.2. The number of carbonyl (C=O) groups excluding carboxylic acids is 2. The van der Waals surface area contributed by atoms with Gasteiger partial charge in [-0.3, -0.25) is 15.4 Å². The summed E-state index contributed by atoms with van der Waals surface area (Å²) in [5.74, 6) is 5.17. The zero-order valence-corrected chi connectivity index (χ0v) is 12.1. The Morgan fingerprint density at radius 2 is 1.85 bits per heavy atom. The number of nitrogen functional groups attached to an aromatic ring is 1. The number of hydrazine groups is 1. The second-order valence-corrected chi connectivity index (χ2v) is 5.02. The molecule has 1 aromatic rings. The maximum atomic E-state index is 12.1. The molecular weight excluding hydrogens is 256 g/mol. The van der Waals surface area contributed by atoms with E-state index in [4.69, 9.17) is 5.84 Å². The first-order valence-electron chi connectivity index (χ1n) is 6.60. The van der Waals surface area contributed by atoms with Crippen LogP contribution in [0.15, 0.2) is 24.3 Å². The van der Waals surface area contributed by atoms with Gasteiger partial charge in [-0.05, 0) is 25.0 Å². The van der Waals surface area contributed by atoms with Crippen molar-refractivity contribution >= 4 is 17.5 Å². The predicted octanol–water partition coefficient (Wildman–Crippen LogP) is 0.863. The second kappa shape index (κ2) is 7.49. The van der Waals surface area contributed by atoms with Gasteiger partial charge < -0.3 is 16.1 Å². The highest BCUT2D eigenvalue weighted by Gasteiger charge is 2.18. The molecule has 0 aliphatic carbocycles. The Hall–Kier alpha value is -2.08. The Morgan fingerprint density at radius 1 is 1.20 bits per heavy atom. The van der Waals surface area contributed by atoms with Crippen LogP contribution in [0.4, 0.5) is 5.69 Å². The molecule has 1 atom stereocenters. The normalized spacial score (nSPS) is 11.8. The summed E-state index contributed by atoms with van der Waals surface area (Å²) >= 11 is 0. The molecule has 0 heterocycles. The van der Waals surface area contributed by atoms with E-state index in [1.807, 2.05) is 13.8 Å². The van der Waals surface area contributed by atoms with Crippen molar-refractivity contribution < 1.29 is 9.59 Å². The van der Waals surface area contributed by atoms with E-state index in [-0.39, 0.29) is 11.8 Å². The summed E-state index contributed by atoms with van der Waals surface area (Å²) in [5.41, 5.74) is 3.37. The smallest absolute Gasteiger partial charge is 0.254 e. The molecule has 0 bridgehead atoms. The van der Waals surface area contributed by atoms with Gasteiger partial charge in [0.15, 0.2) is 0 Å². The van der Waals surface area contributed by atoms with E-state index in [0.29, 0.717) is 23.7 Å². The van der Waals surface area contributed by atoms with Crippen molar-refractivity contribution in [3.63, 3.8) is 0 Å². The summed E-state index contributed by atoms with van der Waals surface area (Å²) in [6.45, 7) is 6.24. The summed E-state index contributed by atoms with van der Waals surface area (Å²) in [6.07, 6.45) is 0. The fraction of sp³-hybridized carbons (Fsp3) is 0.429. The maximum absolute atomic E-state index is 12.1. The fourth-order valence-electron chi connectivity index (χ4n) is 1.60. The fourth-order valence-corrected chi connectivity index (χ4v) is 1.60. The topological polar surface area (TPSA) is 96.2 Å². The van der Waals surface area contributed by atoms with Crippen LogP contribution in [0.3, 0.4) is 0 Å². The van der Waals surface area contributed by atoms with Gasteiger partial charge in [-0.25, -0.2) is 0 Å². The minimum Gasteiger partial charge on any atom is -0.354 e. The lowest BCUT2D eigenvalue weighted by Gasteiger charge is -2.16. The molecule has 6 heteroatoms. The van der Waals surface area contributed by atoms with Gasteiger partial charge in [0.25, 0.3) is 5.91 Å². The van der Waals surface area contributed by atoms with Crippen molar-refractivity contribution in [2.75, 3.05) is 12.0 Å². The van der Waals surface area contributed by atoms with Crippen LogP contribution in [-0.2, 0) is 4.79 Å². The van der Waals surface area contributed by atoms with Crippen molar-refractivity contribution in [3.05, 3.63) is 29.8 Å². The molecule has 0 saturated heterocycles. The lowest BCUT2D eigenvalue weighted by molar-refractivity contribution is -0.122. The molecule has 6 nitrogen and oxygen atoms in total. The van der Waals surface area contributed by atoms with Crippen LogP contribution in [-0.4, -0.2) is 24.4 Å². The summed E-state index contributed by atoms with van der Waals surface area (Å²) in [6, 6.07) is 6.23. The molecule has 2 amide bonds. The molecule has 5 N–H and O–H groups in total. The van der Waals surface area contributed by atoms with Gasteiger partial charge in [0.05, 0.1) is 11.3 Å². The van der Waals surface area contributed by atoms with Crippen molar-refractivity contribution in [1.82, 2.24) is 10.6 Å². The van der Waals surface area contributed by atoms with Crippen molar-refractivity contribution in [1.29, 1.82) is 0 Å². The van der Waals surface area contributed by atoms with Gasteiger partial charge in [0, 0.05) is 6.54 Å². The third-order valence-electron chi connectivity index (χ3n) is 2.75. The molecule has 1 unspecified atom stereocenters. The van der Waals surface area contributed by atoms with Gasteiger partial charge in [-0.2, -0.15) is 0 Å². The molecule has 110 valence electrons. The summed E-state index contributed by atoms with van der Waals surface area (Å²) in [5, 5.41) is 5.42. The first-order chi connectivity index (χ1) is 9.45. The zero-order valence-electron chi connectivity index (χ0n) is 12.1. The second-order valence-electron chi connectivity index (χ2n) is 5.02. The summed E-state index contributed by atoms with van der Waals surface area (Å²) in [7, 11) is 0.